The predicted octanol–water partition coefficient (Wildman–Crippen LogP) is 4.25. The maximum absolute atomic E-state index is 12.8. The third kappa shape index (κ3) is 4.35. The second-order valence-electron chi connectivity index (χ2n) is 4.70. The summed E-state index contributed by atoms with van der Waals surface area (Å²) in [6.45, 7) is 1.92. The number of halogens is 3. The highest BCUT2D eigenvalue weighted by molar-refractivity contribution is 7.09. The quantitative estimate of drug-likeness (QED) is 0.866. The molecular formula is C14H16F3N3S. The molecule has 0 amide bonds. The van der Waals surface area contributed by atoms with Crippen molar-refractivity contribution in [2.24, 2.45) is 0 Å². The van der Waals surface area contributed by atoms with E-state index in [0.29, 0.717) is 0 Å². The van der Waals surface area contributed by atoms with Gasteiger partial charge in [-0.05, 0) is 30.5 Å². The van der Waals surface area contributed by atoms with Crippen LogP contribution in [0.3, 0.4) is 0 Å². The highest BCUT2D eigenvalue weighted by atomic mass is 32.1. The zero-order chi connectivity index (χ0) is 15.5. The number of thiophene rings is 1. The van der Waals surface area contributed by atoms with Crippen LogP contribution < -0.4 is 10.6 Å². The Kier molecular flexibility index (Phi) is 4.72. The van der Waals surface area contributed by atoms with Gasteiger partial charge in [-0.2, -0.15) is 13.2 Å². The number of hydrogen-bond donors (Lipinski definition) is 2. The molecule has 0 bridgehead atoms. The molecule has 2 aromatic rings. The van der Waals surface area contributed by atoms with E-state index in [1.807, 2.05) is 24.4 Å². The molecule has 2 N–H and O–H groups in total. The van der Waals surface area contributed by atoms with Crippen molar-refractivity contribution in [2.45, 2.75) is 25.6 Å². The van der Waals surface area contributed by atoms with Crippen LogP contribution >= 0.6 is 11.3 Å². The summed E-state index contributed by atoms with van der Waals surface area (Å²) in [5.74, 6) is 0.411. The zero-order valence-electron chi connectivity index (χ0n) is 11.7. The molecule has 21 heavy (non-hydrogen) atoms. The summed E-state index contributed by atoms with van der Waals surface area (Å²) < 4.78 is 38.5. The SMILES string of the molecule is CNc1cc(C(F)(F)F)cc(NC(C)Cc2cccs2)n1. The first-order chi connectivity index (χ1) is 9.88. The first kappa shape index (κ1) is 15.6. The highest BCUT2D eigenvalue weighted by Crippen LogP contribution is 2.32. The maximum Gasteiger partial charge on any atom is 0.416 e. The minimum Gasteiger partial charge on any atom is -0.373 e. The Morgan fingerprint density at radius 3 is 2.57 bits per heavy atom. The van der Waals surface area contributed by atoms with Gasteiger partial charge in [-0.25, -0.2) is 4.98 Å². The van der Waals surface area contributed by atoms with E-state index in [2.05, 4.69) is 15.6 Å². The Bertz CT molecular complexity index is 582. The summed E-state index contributed by atoms with van der Waals surface area (Å²) >= 11 is 1.62. The van der Waals surface area contributed by atoms with E-state index in [0.717, 1.165) is 18.6 Å². The van der Waals surface area contributed by atoms with E-state index in [-0.39, 0.29) is 17.7 Å². The summed E-state index contributed by atoms with van der Waals surface area (Å²) in [5, 5.41) is 7.65. The lowest BCUT2D eigenvalue weighted by atomic mass is 10.2. The lowest BCUT2D eigenvalue weighted by Crippen LogP contribution is -2.19. The van der Waals surface area contributed by atoms with Gasteiger partial charge in [0.05, 0.1) is 5.56 Å². The fourth-order valence-electron chi connectivity index (χ4n) is 1.93. The lowest BCUT2D eigenvalue weighted by molar-refractivity contribution is -0.137. The van der Waals surface area contributed by atoms with Crippen LogP contribution in [-0.2, 0) is 12.6 Å². The molecule has 1 atom stereocenters. The number of hydrogen-bond acceptors (Lipinski definition) is 4. The predicted molar refractivity (Wildman–Crippen MR) is 79.9 cm³/mol. The Morgan fingerprint density at radius 2 is 2.00 bits per heavy atom. The number of alkyl halides is 3. The van der Waals surface area contributed by atoms with Crippen LogP contribution in [0.15, 0.2) is 29.6 Å². The van der Waals surface area contributed by atoms with Crippen LogP contribution in [0.5, 0.6) is 0 Å². The van der Waals surface area contributed by atoms with Gasteiger partial charge >= 0.3 is 6.18 Å². The van der Waals surface area contributed by atoms with Crippen LogP contribution in [0.25, 0.3) is 0 Å². The second kappa shape index (κ2) is 6.34. The topological polar surface area (TPSA) is 37.0 Å². The van der Waals surface area contributed by atoms with E-state index < -0.39 is 11.7 Å². The molecule has 0 aromatic carbocycles. The van der Waals surface area contributed by atoms with Crippen molar-refractivity contribution in [3.05, 3.63) is 40.1 Å². The maximum atomic E-state index is 12.8. The number of pyridine rings is 1. The molecule has 7 heteroatoms. The molecule has 0 radical (unpaired) electrons. The number of nitrogens with one attached hydrogen (secondary N) is 2. The standard InChI is InChI=1S/C14H16F3N3S/c1-9(6-11-4-3-5-21-11)19-13-8-10(14(15,16)17)7-12(18-2)20-13/h3-5,7-9H,6H2,1-2H3,(H2,18,19,20). The van der Waals surface area contributed by atoms with Crippen molar-refractivity contribution >= 4 is 23.0 Å². The van der Waals surface area contributed by atoms with Crippen LogP contribution in [0.4, 0.5) is 24.8 Å². The molecule has 2 heterocycles. The summed E-state index contributed by atoms with van der Waals surface area (Å²) in [6, 6.07) is 5.97. The van der Waals surface area contributed by atoms with Crippen LogP contribution in [0, 0.1) is 0 Å². The van der Waals surface area contributed by atoms with E-state index in [1.54, 1.807) is 18.4 Å². The number of anilines is 2. The number of rotatable bonds is 5. The molecule has 1 unspecified atom stereocenters. The summed E-state index contributed by atoms with van der Waals surface area (Å²) in [5.41, 5.74) is -0.715. The molecule has 0 fully saturated rings. The summed E-state index contributed by atoms with van der Waals surface area (Å²) in [7, 11) is 1.54. The van der Waals surface area contributed by atoms with Crippen molar-refractivity contribution in [1.29, 1.82) is 0 Å². The van der Waals surface area contributed by atoms with Crippen LogP contribution in [0.2, 0.25) is 0 Å². The van der Waals surface area contributed by atoms with Gasteiger partial charge in [-0.15, -0.1) is 11.3 Å². The van der Waals surface area contributed by atoms with Gasteiger partial charge in [0.15, 0.2) is 0 Å². The average molecular weight is 315 g/mol. The normalized spacial score (nSPS) is 13.0. The van der Waals surface area contributed by atoms with Gasteiger partial charge in [0, 0.05) is 24.4 Å². The van der Waals surface area contributed by atoms with Crippen LogP contribution in [-0.4, -0.2) is 18.1 Å². The van der Waals surface area contributed by atoms with Crippen molar-refractivity contribution in [3.8, 4) is 0 Å². The van der Waals surface area contributed by atoms with Crippen LogP contribution in [0.1, 0.15) is 17.4 Å². The molecular weight excluding hydrogens is 299 g/mol. The van der Waals surface area contributed by atoms with Gasteiger partial charge in [-0.1, -0.05) is 6.07 Å². The minimum atomic E-state index is -4.39. The van der Waals surface area contributed by atoms with Crippen molar-refractivity contribution in [1.82, 2.24) is 4.98 Å². The largest absolute Gasteiger partial charge is 0.416 e. The molecule has 2 aromatic heterocycles. The van der Waals surface area contributed by atoms with E-state index >= 15 is 0 Å². The molecule has 0 spiro atoms. The fraction of sp³-hybridized carbons (Fsp3) is 0.357. The fourth-order valence-corrected chi connectivity index (χ4v) is 2.77. The third-order valence-electron chi connectivity index (χ3n) is 2.89. The van der Waals surface area contributed by atoms with Gasteiger partial charge in [0.1, 0.15) is 11.6 Å². The average Bonchev–Trinajstić information content (AvgIpc) is 2.89. The molecule has 0 saturated carbocycles. The van der Waals surface area contributed by atoms with Gasteiger partial charge in [0.2, 0.25) is 0 Å². The smallest absolute Gasteiger partial charge is 0.373 e. The lowest BCUT2D eigenvalue weighted by Gasteiger charge is -2.16. The first-order valence-electron chi connectivity index (χ1n) is 6.44. The van der Waals surface area contributed by atoms with Crippen molar-refractivity contribution in [2.75, 3.05) is 17.7 Å². The van der Waals surface area contributed by atoms with Crippen molar-refractivity contribution in [3.63, 3.8) is 0 Å². The Balaban J connectivity index is 2.15. The minimum absolute atomic E-state index is 0.00987. The Hall–Kier alpha value is -1.76. The Morgan fingerprint density at radius 1 is 1.29 bits per heavy atom. The summed E-state index contributed by atoms with van der Waals surface area (Å²) in [4.78, 5) is 5.29. The van der Waals surface area contributed by atoms with Gasteiger partial charge in [0.25, 0.3) is 0 Å². The molecule has 0 aliphatic carbocycles. The van der Waals surface area contributed by atoms with Gasteiger partial charge in [-0.3, -0.25) is 0 Å². The Labute approximate surface area is 125 Å². The monoisotopic (exact) mass is 315 g/mol. The molecule has 0 saturated heterocycles. The number of aromatic nitrogens is 1. The van der Waals surface area contributed by atoms with Gasteiger partial charge < -0.3 is 10.6 Å². The van der Waals surface area contributed by atoms with E-state index in [9.17, 15) is 13.2 Å². The molecule has 0 aliphatic heterocycles. The first-order valence-corrected chi connectivity index (χ1v) is 7.32. The zero-order valence-corrected chi connectivity index (χ0v) is 12.5. The molecule has 3 nitrogen and oxygen atoms in total. The second-order valence-corrected chi connectivity index (χ2v) is 5.74. The molecule has 0 aliphatic rings. The molecule has 2 rings (SSSR count). The van der Waals surface area contributed by atoms with E-state index in [1.165, 1.54) is 4.88 Å². The van der Waals surface area contributed by atoms with E-state index in [4.69, 9.17) is 0 Å². The van der Waals surface area contributed by atoms with Crippen molar-refractivity contribution < 1.29 is 13.2 Å². The highest BCUT2D eigenvalue weighted by Gasteiger charge is 2.31. The summed E-state index contributed by atoms with van der Waals surface area (Å²) in [6.07, 6.45) is -3.65. The third-order valence-corrected chi connectivity index (χ3v) is 3.79. The molecule has 114 valence electrons. The number of nitrogens with zero attached hydrogens (tertiary/aromatic N) is 1.